The zero-order chi connectivity index (χ0) is 15.0. The van der Waals surface area contributed by atoms with Gasteiger partial charge in [-0.25, -0.2) is 17.6 Å². The van der Waals surface area contributed by atoms with Crippen molar-refractivity contribution in [1.82, 2.24) is 0 Å². The number of rotatable bonds is 2. The molecule has 1 atom stereocenters. The summed E-state index contributed by atoms with van der Waals surface area (Å²) in [6, 6.07) is 0.0481. The molecule has 1 heterocycles. The monoisotopic (exact) mass is 291 g/mol. The van der Waals surface area contributed by atoms with Crippen molar-refractivity contribution in [2.24, 2.45) is 5.92 Å². The van der Waals surface area contributed by atoms with Gasteiger partial charge in [-0.2, -0.15) is 0 Å². The van der Waals surface area contributed by atoms with Crippen molar-refractivity contribution in [3.63, 3.8) is 0 Å². The average Bonchev–Trinajstić information content (AvgIpc) is 2.78. The van der Waals surface area contributed by atoms with Crippen molar-refractivity contribution in [2.45, 2.75) is 6.42 Å². The van der Waals surface area contributed by atoms with E-state index in [1.807, 2.05) is 0 Å². The van der Waals surface area contributed by atoms with E-state index in [1.165, 1.54) is 0 Å². The minimum Gasteiger partial charge on any atom is -0.469 e. The van der Waals surface area contributed by atoms with Crippen LogP contribution in [0.2, 0.25) is 0 Å². The van der Waals surface area contributed by atoms with E-state index in [-0.39, 0.29) is 12.5 Å². The molecule has 1 aliphatic heterocycles. The summed E-state index contributed by atoms with van der Waals surface area (Å²) in [4.78, 5) is 23.5. The number of ether oxygens (including phenoxy) is 1. The molecule has 0 N–H and O–H groups in total. The van der Waals surface area contributed by atoms with Gasteiger partial charge in [-0.3, -0.25) is 9.59 Å². The minimum absolute atomic E-state index is 0.0481. The van der Waals surface area contributed by atoms with Gasteiger partial charge in [0.2, 0.25) is 5.91 Å². The summed E-state index contributed by atoms with van der Waals surface area (Å²) < 4.78 is 57.8. The molecular weight excluding hydrogens is 282 g/mol. The van der Waals surface area contributed by atoms with E-state index >= 15 is 0 Å². The average molecular weight is 291 g/mol. The van der Waals surface area contributed by atoms with Crippen LogP contribution in [0, 0.1) is 29.2 Å². The molecule has 1 saturated heterocycles. The number of amides is 1. The molecule has 0 aliphatic carbocycles. The Morgan fingerprint density at radius 3 is 2.30 bits per heavy atom. The van der Waals surface area contributed by atoms with Crippen LogP contribution in [0.5, 0.6) is 0 Å². The third-order valence-corrected chi connectivity index (χ3v) is 3.02. The molecule has 1 unspecified atom stereocenters. The molecule has 0 saturated carbocycles. The molecule has 1 aromatic carbocycles. The number of halogens is 4. The standard InChI is InChI=1S/C12H9F4NO3/c1-20-12(19)5-2-8(18)17(4-5)11-9(15)6(13)3-7(14)10(11)16/h3,5H,2,4H2,1H3. The van der Waals surface area contributed by atoms with Crippen molar-refractivity contribution in [1.29, 1.82) is 0 Å². The second kappa shape index (κ2) is 5.10. The maximum absolute atomic E-state index is 13.6. The van der Waals surface area contributed by atoms with Gasteiger partial charge in [0.25, 0.3) is 0 Å². The summed E-state index contributed by atoms with van der Waals surface area (Å²) in [6.07, 6.45) is -0.344. The van der Waals surface area contributed by atoms with E-state index in [0.717, 1.165) is 7.11 Å². The molecule has 108 valence electrons. The highest BCUT2D eigenvalue weighted by atomic mass is 19.2. The molecule has 0 spiro atoms. The Balaban J connectivity index is 2.43. The van der Waals surface area contributed by atoms with Crippen LogP contribution in [0.4, 0.5) is 23.2 Å². The zero-order valence-electron chi connectivity index (χ0n) is 10.3. The highest BCUT2D eigenvalue weighted by molar-refractivity contribution is 5.99. The summed E-state index contributed by atoms with van der Waals surface area (Å²) >= 11 is 0. The summed E-state index contributed by atoms with van der Waals surface area (Å²) in [7, 11) is 1.10. The smallest absolute Gasteiger partial charge is 0.311 e. The van der Waals surface area contributed by atoms with Gasteiger partial charge in [-0.05, 0) is 0 Å². The second-order valence-corrected chi connectivity index (χ2v) is 4.25. The van der Waals surface area contributed by atoms with Crippen LogP contribution in [-0.4, -0.2) is 25.5 Å². The highest BCUT2D eigenvalue weighted by Crippen LogP contribution is 2.32. The number of carbonyl (C=O) groups excluding carboxylic acids is 2. The van der Waals surface area contributed by atoms with Gasteiger partial charge in [0.15, 0.2) is 23.3 Å². The lowest BCUT2D eigenvalue weighted by molar-refractivity contribution is -0.145. The maximum atomic E-state index is 13.6. The molecule has 0 aromatic heterocycles. The van der Waals surface area contributed by atoms with E-state index in [1.54, 1.807) is 0 Å². The predicted molar refractivity (Wildman–Crippen MR) is 58.8 cm³/mol. The van der Waals surface area contributed by atoms with Gasteiger partial charge in [0, 0.05) is 19.0 Å². The number of anilines is 1. The molecule has 1 aromatic rings. The first-order valence-electron chi connectivity index (χ1n) is 5.58. The molecular formula is C12H9F4NO3. The molecule has 0 bridgehead atoms. The Labute approximate surface area is 110 Å². The Hall–Kier alpha value is -2.12. The van der Waals surface area contributed by atoms with E-state index in [4.69, 9.17) is 0 Å². The fourth-order valence-corrected chi connectivity index (χ4v) is 2.05. The van der Waals surface area contributed by atoms with Crippen LogP contribution in [0.25, 0.3) is 0 Å². The van der Waals surface area contributed by atoms with E-state index < -0.39 is 53.3 Å². The zero-order valence-corrected chi connectivity index (χ0v) is 10.3. The van der Waals surface area contributed by atoms with Gasteiger partial charge in [0.05, 0.1) is 13.0 Å². The molecule has 0 radical (unpaired) electrons. The highest BCUT2D eigenvalue weighted by Gasteiger charge is 2.39. The first kappa shape index (κ1) is 14.3. The van der Waals surface area contributed by atoms with Gasteiger partial charge in [-0.15, -0.1) is 0 Å². The van der Waals surface area contributed by atoms with E-state index in [9.17, 15) is 27.2 Å². The van der Waals surface area contributed by atoms with Crippen LogP contribution in [-0.2, 0) is 14.3 Å². The quantitative estimate of drug-likeness (QED) is 0.474. The fourth-order valence-electron chi connectivity index (χ4n) is 2.05. The van der Waals surface area contributed by atoms with Crippen LogP contribution in [0.1, 0.15) is 6.42 Å². The van der Waals surface area contributed by atoms with Crippen molar-refractivity contribution < 1.29 is 31.9 Å². The molecule has 20 heavy (non-hydrogen) atoms. The largest absolute Gasteiger partial charge is 0.469 e. The number of carbonyl (C=O) groups is 2. The topological polar surface area (TPSA) is 46.6 Å². The number of hydrogen-bond acceptors (Lipinski definition) is 3. The second-order valence-electron chi connectivity index (χ2n) is 4.25. The number of esters is 1. The maximum Gasteiger partial charge on any atom is 0.311 e. The van der Waals surface area contributed by atoms with Gasteiger partial charge in [-0.1, -0.05) is 0 Å². The first-order valence-corrected chi connectivity index (χ1v) is 5.58. The lowest BCUT2D eigenvalue weighted by atomic mass is 10.1. The Morgan fingerprint density at radius 2 is 1.80 bits per heavy atom. The number of nitrogens with zero attached hydrogens (tertiary/aromatic N) is 1. The molecule has 1 fully saturated rings. The third-order valence-electron chi connectivity index (χ3n) is 3.02. The summed E-state index contributed by atoms with van der Waals surface area (Å²) in [5.41, 5.74) is -1.13. The summed E-state index contributed by atoms with van der Waals surface area (Å²) in [6.45, 7) is -0.401. The third kappa shape index (κ3) is 2.21. The first-order chi connectivity index (χ1) is 9.36. The summed E-state index contributed by atoms with van der Waals surface area (Å²) in [5, 5.41) is 0. The van der Waals surface area contributed by atoms with Crippen LogP contribution in [0.15, 0.2) is 6.07 Å². The Kier molecular flexibility index (Phi) is 3.65. The lowest BCUT2D eigenvalue weighted by Gasteiger charge is -2.18. The van der Waals surface area contributed by atoms with Crippen LogP contribution < -0.4 is 4.90 Å². The Bertz CT molecular complexity index is 564. The van der Waals surface area contributed by atoms with Crippen LogP contribution in [0.3, 0.4) is 0 Å². The fraction of sp³-hybridized carbons (Fsp3) is 0.333. The molecule has 1 aliphatic rings. The van der Waals surface area contributed by atoms with Gasteiger partial charge < -0.3 is 9.64 Å². The van der Waals surface area contributed by atoms with E-state index in [0.29, 0.717) is 4.90 Å². The molecule has 1 amide bonds. The Morgan fingerprint density at radius 1 is 1.25 bits per heavy atom. The normalized spacial score (nSPS) is 18.6. The minimum atomic E-state index is -1.68. The predicted octanol–water partition coefficient (Wildman–Crippen LogP) is 1.77. The van der Waals surface area contributed by atoms with Crippen molar-refractivity contribution in [2.75, 3.05) is 18.6 Å². The van der Waals surface area contributed by atoms with E-state index in [2.05, 4.69) is 4.74 Å². The number of benzene rings is 1. The van der Waals surface area contributed by atoms with Gasteiger partial charge in [0.1, 0.15) is 5.69 Å². The van der Waals surface area contributed by atoms with Crippen molar-refractivity contribution in [3.05, 3.63) is 29.3 Å². The van der Waals surface area contributed by atoms with Crippen LogP contribution >= 0.6 is 0 Å². The summed E-state index contributed by atoms with van der Waals surface area (Å²) in [5.74, 6) is -9.08. The van der Waals surface area contributed by atoms with Crippen molar-refractivity contribution >= 4 is 17.6 Å². The van der Waals surface area contributed by atoms with Crippen molar-refractivity contribution in [3.8, 4) is 0 Å². The number of hydrogen-bond donors (Lipinski definition) is 0. The van der Waals surface area contributed by atoms with Gasteiger partial charge >= 0.3 is 5.97 Å². The number of methoxy groups -OCH3 is 1. The molecule has 4 nitrogen and oxygen atoms in total. The lowest BCUT2D eigenvalue weighted by Crippen LogP contribution is -2.28. The molecule has 2 rings (SSSR count). The molecule has 8 heteroatoms. The SMILES string of the molecule is COC(=O)C1CC(=O)N(c2c(F)c(F)cc(F)c2F)C1.